The zero-order valence-electron chi connectivity index (χ0n) is 17.1. The third-order valence-corrected chi connectivity index (χ3v) is 5.08. The highest BCUT2D eigenvalue weighted by Gasteiger charge is 2.20. The van der Waals surface area contributed by atoms with E-state index in [0.29, 0.717) is 19.0 Å². The van der Waals surface area contributed by atoms with Gasteiger partial charge in [-0.25, -0.2) is 0 Å². The van der Waals surface area contributed by atoms with Gasteiger partial charge in [-0.2, -0.15) is 0 Å². The Balaban J connectivity index is 0.00000300. The Morgan fingerprint density at radius 2 is 1.69 bits per heavy atom. The summed E-state index contributed by atoms with van der Waals surface area (Å²) in [4.78, 5) is 7.05. The average Bonchev–Trinajstić information content (AvgIpc) is 2.74. The van der Waals surface area contributed by atoms with Gasteiger partial charge in [0.25, 0.3) is 0 Å². The van der Waals surface area contributed by atoms with Crippen molar-refractivity contribution in [2.24, 2.45) is 4.99 Å². The lowest BCUT2D eigenvalue weighted by atomic mass is 10.0. The van der Waals surface area contributed by atoms with Gasteiger partial charge < -0.3 is 20.6 Å². The van der Waals surface area contributed by atoms with E-state index in [-0.39, 0.29) is 24.0 Å². The molecule has 2 aromatic carbocycles. The first-order valence-corrected chi connectivity index (χ1v) is 10.3. The second-order valence-electron chi connectivity index (χ2n) is 7.30. The van der Waals surface area contributed by atoms with Gasteiger partial charge in [0.2, 0.25) is 0 Å². The van der Waals surface area contributed by atoms with Crippen LogP contribution in [-0.2, 0) is 6.42 Å². The summed E-state index contributed by atoms with van der Waals surface area (Å²) in [5.41, 5.74) is 2.43. The zero-order chi connectivity index (χ0) is 19.6. The van der Waals surface area contributed by atoms with Gasteiger partial charge in [0.05, 0.1) is 12.6 Å². The van der Waals surface area contributed by atoms with Crippen LogP contribution in [0, 0.1) is 0 Å². The van der Waals surface area contributed by atoms with Crippen molar-refractivity contribution in [1.82, 2.24) is 10.6 Å². The summed E-state index contributed by atoms with van der Waals surface area (Å²) in [6.45, 7) is 5.35. The lowest BCUT2D eigenvalue weighted by Crippen LogP contribution is -2.49. The van der Waals surface area contributed by atoms with Crippen molar-refractivity contribution in [2.75, 3.05) is 31.1 Å². The third kappa shape index (κ3) is 7.85. The number of anilines is 1. The highest BCUT2D eigenvalue weighted by molar-refractivity contribution is 14.0. The van der Waals surface area contributed by atoms with Gasteiger partial charge in [0, 0.05) is 37.8 Å². The van der Waals surface area contributed by atoms with Gasteiger partial charge in [-0.1, -0.05) is 48.5 Å². The highest BCUT2D eigenvalue weighted by Crippen LogP contribution is 2.19. The standard InChI is InChI=1S/C23H32N4O.HI/c1-2-24-23(25-18-22(28)17-19-9-5-3-6-10-19)26-20-13-15-27(16-14-20)21-11-7-4-8-12-21;/h3-12,20,22,28H,2,13-18H2,1H3,(H2,24,25,26);1H. The SMILES string of the molecule is CCNC(=NCC(O)Cc1ccccc1)NC1CCN(c2ccccc2)CC1.I. The number of aliphatic hydroxyl groups excluding tert-OH is 1. The number of rotatable bonds is 7. The molecular weight excluding hydrogens is 475 g/mol. The summed E-state index contributed by atoms with van der Waals surface area (Å²) in [7, 11) is 0. The van der Waals surface area contributed by atoms with Crippen LogP contribution in [0.1, 0.15) is 25.3 Å². The molecule has 29 heavy (non-hydrogen) atoms. The first-order chi connectivity index (χ1) is 13.7. The van der Waals surface area contributed by atoms with Gasteiger partial charge >= 0.3 is 0 Å². The molecule has 1 fully saturated rings. The number of aliphatic hydroxyl groups is 1. The molecule has 0 amide bonds. The van der Waals surface area contributed by atoms with E-state index in [1.165, 1.54) is 5.69 Å². The normalized spacial score (nSPS) is 16.1. The number of nitrogens with zero attached hydrogens (tertiary/aromatic N) is 2. The van der Waals surface area contributed by atoms with Crippen LogP contribution in [0.15, 0.2) is 65.7 Å². The summed E-state index contributed by atoms with van der Waals surface area (Å²) in [5, 5.41) is 17.2. The second kappa shape index (κ2) is 12.7. The summed E-state index contributed by atoms with van der Waals surface area (Å²) in [6.07, 6.45) is 2.30. The number of piperidine rings is 1. The van der Waals surface area contributed by atoms with Crippen LogP contribution in [0.4, 0.5) is 5.69 Å². The minimum Gasteiger partial charge on any atom is -0.391 e. The molecule has 3 rings (SSSR count). The Bertz CT molecular complexity index is 718. The van der Waals surface area contributed by atoms with E-state index in [9.17, 15) is 5.11 Å². The lowest BCUT2D eigenvalue weighted by molar-refractivity contribution is 0.183. The molecule has 1 aliphatic rings. The maximum absolute atomic E-state index is 10.3. The molecule has 0 saturated carbocycles. The van der Waals surface area contributed by atoms with Crippen LogP contribution < -0.4 is 15.5 Å². The first-order valence-electron chi connectivity index (χ1n) is 10.3. The van der Waals surface area contributed by atoms with Crippen LogP contribution in [0.3, 0.4) is 0 Å². The van der Waals surface area contributed by atoms with Crippen molar-refractivity contribution in [1.29, 1.82) is 0 Å². The molecule has 1 unspecified atom stereocenters. The largest absolute Gasteiger partial charge is 0.391 e. The summed E-state index contributed by atoms with van der Waals surface area (Å²) < 4.78 is 0. The summed E-state index contributed by atoms with van der Waals surface area (Å²) in [5.74, 6) is 0.799. The van der Waals surface area contributed by atoms with E-state index >= 15 is 0 Å². The highest BCUT2D eigenvalue weighted by atomic mass is 127. The molecular formula is C23H33IN4O. The summed E-state index contributed by atoms with van der Waals surface area (Å²) >= 11 is 0. The van der Waals surface area contributed by atoms with Crippen LogP contribution in [0.2, 0.25) is 0 Å². The molecule has 3 N–H and O–H groups in total. The number of para-hydroxylation sites is 1. The van der Waals surface area contributed by atoms with E-state index in [4.69, 9.17) is 0 Å². The van der Waals surface area contributed by atoms with E-state index < -0.39 is 6.10 Å². The average molecular weight is 508 g/mol. The molecule has 0 aliphatic carbocycles. The third-order valence-electron chi connectivity index (χ3n) is 5.08. The molecule has 5 nitrogen and oxygen atoms in total. The van der Waals surface area contributed by atoms with Gasteiger partial charge in [0.15, 0.2) is 5.96 Å². The van der Waals surface area contributed by atoms with E-state index in [1.54, 1.807) is 0 Å². The molecule has 6 heteroatoms. The fraction of sp³-hybridized carbons (Fsp3) is 0.435. The fourth-order valence-electron chi connectivity index (χ4n) is 3.58. The molecule has 0 spiro atoms. The van der Waals surface area contributed by atoms with E-state index in [2.05, 4.69) is 57.8 Å². The molecule has 1 atom stereocenters. The van der Waals surface area contributed by atoms with Crippen molar-refractivity contribution in [3.05, 3.63) is 66.2 Å². The Hall–Kier alpha value is -1.80. The Morgan fingerprint density at radius 3 is 2.31 bits per heavy atom. The predicted octanol–water partition coefficient (Wildman–Crippen LogP) is 3.43. The second-order valence-corrected chi connectivity index (χ2v) is 7.30. The maximum Gasteiger partial charge on any atom is 0.191 e. The molecule has 0 aromatic heterocycles. The minimum atomic E-state index is -0.474. The monoisotopic (exact) mass is 508 g/mol. The number of guanidine groups is 1. The minimum absolute atomic E-state index is 0. The molecule has 1 aliphatic heterocycles. The molecule has 0 bridgehead atoms. The van der Waals surface area contributed by atoms with Crippen LogP contribution in [0.5, 0.6) is 0 Å². The van der Waals surface area contributed by atoms with Gasteiger partial charge in [-0.15, -0.1) is 24.0 Å². The topological polar surface area (TPSA) is 59.9 Å². The van der Waals surface area contributed by atoms with Gasteiger partial charge in [0.1, 0.15) is 0 Å². The van der Waals surface area contributed by atoms with E-state index in [1.807, 2.05) is 30.3 Å². The number of hydrogen-bond acceptors (Lipinski definition) is 3. The first kappa shape index (κ1) is 23.5. The van der Waals surface area contributed by atoms with Crippen molar-refractivity contribution >= 4 is 35.6 Å². The Kier molecular flexibility index (Phi) is 10.3. The molecule has 0 radical (unpaired) electrons. The Morgan fingerprint density at radius 1 is 1.07 bits per heavy atom. The van der Waals surface area contributed by atoms with E-state index in [0.717, 1.165) is 44.0 Å². The van der Waals surface area contributed by atoms with Crippen LogP contribution >= 0.6 is 24.0 Å². The molecule has 158 valence electrons. The van der Waals surface area contributed by atoms with Gasteiger partial charge in [-0.05, 0) is 37.5 Å². The predicted molar refractivity (Wildman–Crippen MR) is 132 cm³/mol. The number of hydrogen-bond donors (Lipinski definition) is 3. The van der Waals surface area contributed by atoms with Crippen LogP contribution in [-0.4, -0.2) is 49.4 Å². The maximum atomic E-state index is 10.3. The fourth-order valence-corrected chi connectivity index (χ4v) is 3.58. The van der Waals surface area contributed by atoms with Gasteiger partial charge in [-0.3, -0.25) is 4.99 Å². The number of nitrogens with one attached hydrogen (secondary N) is 2. The quantitative estimate of drug-likeness (QED) is 0.305. The summed E-state index contributed by atoms with van der Waals surface area (Å²) in [6, 6.07) is 21.1. The number of halogens is 1. The Labute approximate surface area is 191 Å². The smallest absolute Gasteiger partial charge is 0.191 e. The number of aliphatic imine (C=N–C) groups is 1. The molecule has 1 heterocycles. The molecule has 1 saturated heterocycles. The molecule has 2 aromatic rings. The number of benzene rings is 2. The van der Waals surface area contributed by atoms with Crippen molar-refractivity contribution in [2.45, 2.75) is 38.3 Å². The van der Waals surface area contributed by atoms with Crippen molar-refractivity contribution in [3.8, 4) is 0 Å². The lowest BCUT2D eigenvalue weighted by Gasteiger charge is -2.34. The van der Waals surface area contributed by atoms with Crippen molar-refractivity contribution < 1.29 is 5.11 Å². The van der Waals surface area contributed by atoms with Crippen LogP contribution in [0.25, 0.3) is 0 Å². The van der Waals surface area contributed by atoms with Crippen molar-refractivity contribution in [3.63, 3.8) is 0 Å². The zero-order valence-corrected chi connectivity index (χ0v) is 19.5.